The highest BCUT2D eigenvalue weighted by molar-refractivity contribution is 8.01. The van der Waals surface area contributed by atoms with Crippen molar-refractivity contribution >= 4 is 47.1 Å². The molecule has 26 heavy (non-hydrogen) atoms. The minimum atomic E-state index is -0.454. The monoisotopic (exact) mass is 414 g/mol. The van der Waals surface area contributed by atoms with E-state index in [2.05, 4.69) is 4.98 Å². The zero-order chi connectivity index (χ0) is 18.0. The van der Waals surface area contributed by atoms with Gasteiger partial charge < -0.3 is 10.6 Å². The largest absolute Gasteiger partial charge is 0.334 e. The number of thiazole rings is 1. The van der Waals surface area contributed by atoms with Crippen LogP contribution < -0.4 is 5.73 Å². The Morgan fingerprint density at radius 1 is 1.54 bits per heavy atom. The zero-order valence-corrected chi connectivity index (χ0v) is 16.5. The van der Waals surface area contributed by atoms with E-state index in [1.165, 1.54) is 29.2 Å². The fourth-order valence-electron chi connectivity index (χ4n) is 2.87. The summed E-state index contributed by atoms with van der Waals surface area (Å²) < 4.78 is 0.738. The number of aromatic nitrogens is 1. The number of hydrogen-bond donors (Lipinski definition) is 1. The summed E-state index contributed by atoms with van der Waals surface area (Å²) >= 11 is 2.68. The third-order valence-corrected chi connectivity index (χ3v) is 6.23. The fourth-order valence-corrected chi connectivity index (χ4v) is 4.75. The van der Waals surface area contributed by atoms with Gasteiger partial charge in [0.15, 0.2) is 4.34 Å². The minimum Gasteiger partial charge on any atom is -0.334 e. The summed E-state index contributed by atoms with van der Waals surface area (Å²) in [4.78, 5) is 30.2. The molecule has 1 unspecified atom stereocenters. The molecule has 7 nitrogen and oxygen atoms in total. The number of benzene rings is 1. The Balaban J connectivity index is 0.00000243. The molecule has 2 N–H and O–H groups in total. The molecule has 1 amide bonds. The van der Waals surface area contributed by atoms with E-state index in [1.807, 2.05) is 12.3 Å². The lowest BCUT2D eigenvalue weighted by Crippen LogP contribution is -2.39. The number of halogens is 1. The number of hydrogen-bond acceptors (Lipinski definition) is 7. The van der Waals surface area contributed by atoms with Crippen molar-refractivity contribution in [2.75, 3.05) is 13.1 Å². The molecular formula is C16H19ClN4O3S2. The second-order valence-electron chi connectivity index (χ2n) is 5.83. The molecule has 1 atom stereocenters. The molecule has 3 rings (SSSR count). The number of amides is 1. The molecule has 0 bridgehead atoms. The van der Waals surface area contributed by atoms with Gasteiger partial charge in [-0.3, -0.25) is 14.9 Å². The highest BCUT2D eigenvalue weighted by Gasteiger charge is 2.29. The van der Waals surface area contributed by atoms with E-state index in [0.29, 0.717) is 23.5 Å². The molecule has 1 aromatic carbocycles. The number of nitro benzene ring substituents is 1. The molecule has 10 heteroatoms. The van der Waals surface area contributed by atoms with Gasteiger partial charge in [-0.15, -0.1) is 23.7 Å². The molecule has 0 aliphatic carbocycles. The average molecular weight is 415 g/mol. The minimum absolute atomic E-state index is 0. The number of carbonyl (C=O) groups is 1. The van der Waals surface area contributed by atoms with Gasteiger partial charge in [0, 0.05) is 41.8 Å². The maximum atomic E-state index is 12.7. The topological polar surface area (TPSA) is 102 Å². The third kappa shape index (κ3) is 4.35. The lowest BCUT2D eigenvalue weighted by atomic mass is 10.1. The molecule has 1 aromatic heterocycles. The number of aryl methyl sites for hydroxylation is 1. The van der Waals surface area contributed by atoms with Crippen LogP contribution >= 0.6 is 35.5 Å². The summed E-state index contributed by atoms with van der Waals surface area (Å²) in [6.07, 6.45) is 1.79. The molecule has 0 radical (unpaired) electrons. The maximum absolute atomic E-state index is 12.7. The van der Waals surface area contributed by atoms with E-state index in [0.717, 1.165) is 22.9 Å². The molecule has 1 fully saturated rings. The number of likely N-dealkylation sites (tertiary alicyclic amines) is 1. The summed E-state index contributed by atoms with van der Waals surface area (Å²) in [6, 6.07) is 4.64. The summed E-state index contributed by atoms with van der Waals surface area (Å²) in [5, 5.41) is 13.4. The number of nitro groups is 1. The quantitative estimate of drug-likeness (QED) is 0.593. The van der Waals surface area contributed by atoms with Crippen LogP contribution in [0.5, 0.6) is 0 Å². The molecule has 0 spiro atoms. The Morgan fingerprint density at radius 2 is 2.31 bits per heavy atom. The van der Waals surface area contributed by atoms with E-state index in [-0.39, 0.29) is 30.0 Å². The molecule has 0 saturated carbocycles. The van der Waals surface area contributed by atoms with Crippen molar-refractivity contribution < 1.29 is 9.72 Å². The van der Waals surface area contributed by atoms with E-state index in [4.69, 9.17) is 5.73 Å². The highest BCUT2D eigenvalue weighted by Crippen LogP contribution is 2.37. The van der Waals surface area contributed by atoms with E-state index in [9.17, 15) is 14.9 Å². The van der Waals surface area contributed by atoms with Crippen LogP contribution in [-0.4, -0.2) is 39.8 Å². The Hall–Kier alpha value is -1.68. The van der Waals surface area contributed by atoms with Gasteiger partial charge in [-0.25, -0.2) is 4.98 Å². The number of nitrogens with zero attached hydrogens (tertiary/aromatic N) is 3. The molecule has 140 valence electrons. The average Bonchev–Trinajstić information content (AvgIpc) is 3.23. The van der Waals surface area contributed by atoms with Gasteiger partial charge in [-0.2, -0.15) is 0 Å². The SMILES string of the molecule is Cc1csc(Sc2ccc(C(=O)N3CCCC3CN)cc2[N+](=O)[O-])n1.Cl. The first-order valence-corrected chi connectivity index (χ1v) is 9.58. The van der Waals surface area contributed by atoms with Gasteiger partial charge in [0.05, 0.1) is 9.82 Å². The van der Waals surface area contributed by atoms with Gasteiger partial charge in [-0.1, -0.05) is 11.8 Å². The lowest BCUT2D eigenvalue weighted by molar-refractivity contribution is -0.387. The number of carbonyl (C=O) groups excluding carboxylic acids is 1. The summed E-state index contributed by atoms with van der Waals surface area (Å²) in [5.74, 6) is -0.197. The Bertz CT molecular complexity index is 815. The first kappa shape index (κ1) is 20.6. The summed E-state index contributed by atoms with van der Waals surface area (Å²) in [5.41, 5.74) is 6.85. The Morgan fingerprint density at radius 3 is 2.92 bits per heavy atom. The molecule has 2 aromatic rings. The van der Waals surface area contributed by atoms with Gasteiger partial charge in [0.2, 0.25) is 0 Å². The summed E-state index contributed by atoms with van der Waals surface area (Å²) in [6.45, 7) is 2.93. The van der Waals surface area contributed by atoms with Crippen molar-refractivity contribution in [2.45, 2.75) is 35.0 Å². The van der Waals surface area contributed by atoms with Gasteiger partial charge in [0.25, 0.3) is 11.6 Å². The van der Waals surface area contributed by atoms with Crippen LogP contribution in [0.1, 0.15) is 28.9 Å². The second kappa shape index (κ2) is 8.81. The molecule has 1 aliphatic heterocycles. The predicted octanol–water partition coefficient (Wildman–Crippen LogP) is 3.50. The van der Waals surface area contributed by atoms with Gasteiger partial charge in [-0.05, 0) is 31.9 Å². The van der Waals surface area contributed by atoms with Crippen LogP contribution in [0.15, 0.2) is 32.8 Å². The Labute approximate surface area is 165 Å². The molecular weight excluding hydrogens is 396 g/mol. The van der Waals surface area contributed by atoms with Crippen LogP contribution in [0.4, 0.5) is 5.69 Å². The normalized spacial score (nSPS) is 16.4. The van der Waals surface area contributed by atoms with Crippen molar-refractivity contribution in [3.8, 4) is 0 Å². The van der Waals surface area contributed by atoms with Gasteiger partial charge >= 0.3 is 0 Å². The second-order valence-corrected chi connectivity index (χ2v) is 7.97. The smallest absolute Gasteiger partial charge is 0.284 e. The van der Waals surface area contributed by atoms with Crippen LogP contribution in [0.2, 0.25) is 0 Å². The maximum Gasteiger partial charge on any atom is 0.284 e. The predicted molar refractivity (Wildman–Crippen MR) is 104 cm³/mol. The zero-order valence-electron chi connectivity index (χ0n) is 14.1. The van der Waals surface area contributed by atoms with Crippen molar-refractivity contribution in [1.29, 1.82) is 0 Å². The van der Waals surface area contributed by atoms with Crippen molar-refractivity contribution in [1.82, 2.24) is 9.88 Å². The molecule has 1 saturated heterocycles. The Kier molecular flexibility index (Phi) is 6.99. The number of nitrogens with two attached hydrogens (primary N) is 1. The third-order valence-electron chi connectivity index (χ3n) is 4.11. The van der Waals surface area contributed by atoms with Crippen LogP contribution in [0, 0.1) is 17.0 Å². The van der Waals surface area contributed by atoms with Crippen molar-refractivity contribution in [2.24, 2.45) is 5.73 Å². The van der Waals surface area contributed by atoms with Crippen LogP contribution in [-0.2, 0) is 0 Å². The summed E-state index contributed by atoms with van der Waals surface area (Å²) in [7, 11) is 0. The molecule has 2 heterocycles. The van der Waals surface area contributed by atoms with Crippen molar-refractivity contribution in [3.05, 3.63) is 45.0 Å². The first-order valence-electron chi connectivity index (χ1n) is 7.89. The van der Waals surface area contributed by atoms with Gasteiger partial charge in [0.1, 0.15) is 0 Å². The van der Waals surface area contributed by atoms with E-state index in [1.54, 1.807) is 17.0 Å². The standard InChI is InChI=1S/C16H18N4O3S2.ClH/c1-10-9-24-16(18-10)25-14-5-4-11(7-13(14)20(22)23)15(21)19-6-2-3-12(19)8-17;/h4-5,7,9,12H,2-3,6,8,17H2,1H3;1H. The fraction of sp³-hybridized carbons (Fsp3) is 0.375. The first-order chi connectivity index (χ1) is 12.0. The van der Waals surface area contributed by atoms with Crippen molar-refractivity contribution in [3.63, 3.8) is 0 Å². The van der Waals surface area contributed by atoms with Crippen LogP contribution in [0.3, 0.4) is 0 Å². The van der Waals surface area contributed by atoms with Crippen LogP contribution in [0.25, 0.3) is 0 Å². The van der Waals surface area contributed by atoms with E-state index < -0.39 is 4.92 Å². The molecule has 1 aliphatic rings. The van der Waals surface area contributed by atoms with E-state index >= 15 is 0 Å². The highest BCUT2D eigenvalue weighted by atomic mass is 35.5. The lowest BCUT2D eigenvalue weighted by Gasteiger charge is -2.23. The number of rotatable bonds is 5.